The van der Waals surface area contributed by atoms with Gasteiger partial charge in [-0.05, 0) is 30.5 Å². The van der Waals surface area contributed by atoms with E-state index >= 15 is 0 Å². The van der Waals surface area contributed by atoms with Gasteiger partial charge in [0.15, 0.2) is 0 Å². The van der Waals surface area contributed by atoms with Crippen LogP contribution in [0, 0.1) is 11.6 Å². The summed E-state index contributed by atoms with van der Waals surface area (Å²) in [7, 11) is -3.60. The summed E-state index contributed by atoms with van der Waals surface area (Å²) < 4.78 is 51.3. The van der Waals surface area contributed by atoms with E-state index in [9.17, 15) is 22.0 Å². The topological polar surface area (TPSA) is 66.5 Å². The molecule has 26 heavy (non-hydrogen) atoms. The van der Waals surface area contributed by atoms with Crippen molar-refractivity contribution in [2.75, 3.05) is 24.7 Å². The summed E-state index contributed by atoms with van der Waals surface area (Å²) >= 11 is 0. The first kappa shape index (κ1) is 20.0. The van der Waals surface area contributed by atoms with Gasteiger partial charge in [0.25, 0.3) is 0 Å². The Bertz CT molecular complexity index is 858. The highest BCUT2D eigenvalue weighted by Gasteiger charge is 2.20. The molecule has 0 saturated heterocycles. The standard InChI is InChI=1S/C18H20F2N2O3S/c1-26(24,25)22(11-5-8-14-6-3-2-4-7-14)13-18(23)21-17-10-9-15(19)12-16(17)20/h2-4,6-7,9-10,12H,5,8,11,13H2,1H3,(H,21,23). The van der Waals surface area contributed by atoms with Gasteiger partial charge in [-0.1, -0.05) is 30.3 Å². The van der Waals surface area contributed by atoms with Gasteiger partial charge in [0.1, 0.15) is 11.6 Å². The van der Waals surface area contributed by atoms with Crippen molar-refractivity contribution >= 4 is 21.6 Å². The van der Waals surface area contributed by atoms with Crippen LogP contribution in [0.1, 0.15) is 12.0 Å². The van der Waals surface area contributed by atoms with Crippen LogP contribution in [0.25, 0.3) is 0 Å². The van der Waals surface area contributed by atoms with Gasteiger partial charge in [-0.15, -0.1) is 0 Å². The lowest BCUT2D eigenvalue weighted by Crippen LogP contribution is -2.38. The lowest BCUT2D eigenvalue weighted by atomic mass is 10.1. The molecule has 5 nitrogen and oxygen atoms in total. The highest BCUT2D eigenvalue weighted by Crippen LogP contribution is 2.15. The maximum absolute atomic E-state index is 13.6. The Hall–Kier alpha value is -2.32. The average molecular weight is 382 g/mol. The molecule has 0 saturated carbocycles. The molecule has 0 atom stereocenters. The molecule has 0 aliphatic rings. The Kier molecular flexibility index (Phi) is 6.82. The second-order valence-corrected chi connectivity index (χ2v) is 7.84. The molecule has 0 aliphatic carbocycles. The third-order valence-corrected chi connectivity index (χ3v) is 4.96. The highest BCUT2D eigenvalue weighted by molar-refractivity contribution is 7.88. The fourth-order valence-corrected chi connectivity index (χ4v) is 3.22. The minimum absolute atomic E-state index is 0.160. The zero-order chi connectivity index (χ0) is 19.2. The summed E-state index contributed by atoms with van der Waals surface area (Å²) in [6.07, 6.45) is 2.22. The second kappa shape index (κ2) is 8.86. The fourth-order valence-electron chi connectivity index (χ4n) is 2.41. The van der Waals surface area contributed by atoms with E-state index in [1.54, 1.807) is 0 Å². The first-order chi connectivity index (χ1) is 12.3. The zero-order valence-corrected chi connectivity index (χ0v) is 15.1. The molecule has 0 bridgehead atoms. The number of rotatable bonds is 8. The average Bonchev–Trinajstić information content (AvgIpc) is 2.56. The molecule has 2 aromatic carbocycles. The van der Waals surface area contributed by atoms with Crippen molar-refractivity contribution in [1.82, 2.24) is 4.31 Å². The van der Waals surface area contributed by atoms with Crippen molar-refractivity contribution in [3.05, 3.63) is 65.7 Å². The molecular weight excluding hydrogens is 362 g/mol. The Morgan fingerprint density at radius 2 is 1.81 bits per heavy atom. The molecule has 0 heterocycles. The number of hydrogen-bond acceptors (Lipinski definition) is 3. The van der Waals surface area contributed by atoms with Crippen molar-refractivity contribution in [3.8, 4) is 0 Å². The van der Waals surface area contributed by atoms with Gasteiger partial charge in [0, 0.05) is 12.6 Å². The van der Waals surface area contributed by atoms with Crippen LogP contribution in [0.15, 0.2) is 48.5 Å². The Morgan fingerprint density at radius 1 is 1.12 bits per heavy atom. The van der Waals surface area contributed by atoms with Gasteiger partial charge < -0.3 is 5.32 Å². The van der Waals surface area contributed by atoms with E-state index in [1.165, 1.54) is 0 Å². The fraction of sp³-hybridized carbons (Fsp3) is 0.278. The molecule has 0 aromatic heterocycles. The van der Waals surface area contributed by atoms with Crippen LogP contribution in [-0.2, 0) is 21.2 Å². The summed E-state index contributed by atoms with van der Waals surface area (Å²) in [5, 5.41) is 2.26. The number of halogens is 2. The minimum atomic E-state index is -3.60. The lowest BCUT2D eigenvalue weighted by Gasteiger charge is -2.19. The normalized spacial score (nSPS) is 11.5. The molecule has 140 valence electrons. The van der Waals surface area contributed by atoms with Gasteiger partial charge in [0.05, 0.1) is 18.5 Å². The van der Waals surface area contributed by atoms with E-state index in [-0.39, 0.29) is 12.2 Å². The van der Waals surface area contributed by atoms with E-state index in [0.29, 0.717) is 18.9 Å². The molecule has 2 rings (SSSR count). The summed E-state index contributed by atoms with van der Waals surface area (Å²) in [4.78, 5) is 12.1. The third-order valence-electron chi connectivity index (χ3n) is 3.71. The summed E-state index contributed by atoms with van der Waals surface area (Å²) in [5.74, 6) is -2.38. The van der Waals surface area contributed by atoms with Gasteiger partial charge in [-0.3, -0.25) is 4.79 Å². The van der Waals surface area contributed by atoms with Gasteiger partial charge in [-0.2, -0.15) is 4.31 Å². The number of aryl methyl sites for hydroxylation is 1. The SMILES string of the molecule is CS(=O)(=O)N(CCCc1ccccc1)CC(=O)Nc1ccc(F)cc1F. The van der Waals surface area contributed by atoms with Crippen LogP contribution in [-0.4, -0.2) is 38.0 Å². The number of hydrogen-bond donors (Lipinski definition) is 1. The molecule has 0 fully saturated rings. The maximum atomic E-state index is 13.6. The molecule has 1 amide bonds. The first-order valence-corrected chi connectivity index (χ1v) is 9.84. The van der Waals surface area contributed by atoms with Gasteiger partial charge >= 0.3 is 0 Å². The summed E-state index contributed by atoms with van der Waals surface area (Å²) in [6.45, 7) is -0.280. The summed E-state index contributed by atoms with van der Waals surface area (Å²) in [5.41, 5.74) is 0.868. The molecule has 1 N–H and O–H groups in total. The predicted octanol–water partition coefficient (Wildman–Crippen LogP) is 2.80. The maximum Gasteiger partial charge on any atom is 0.239 e. The molecule has 8 heteroatoms. The molecule has 0 radical (unpaired) electrons. The largest absolute Gasteiger partial charge is 0.322 e. The number of anilines is 1. The lowest BCUT2D eigenvalue weighted by molar-refractivity contribution is -0.116. The molecule has 0 spiro atoms. The Balaban J connectivity index is 1.95. The van der Waals surface area contributed by atoms with E-state index in [4.69, 9.17) is 0 Å². The van der Waals surface area contributed by atoms with Crippen molar-refractivity contribution in [3.63, 3.8) is 0 Å². The molecular formula is C18H20F2N2O3S. The number of nitrogens with one attached hydrogen (secondary N) is 1. The van der Waals surface area contributed by atoms with Crippen LogP contribution < -0.4 is 5.32 Å². The van der Waals surface area contributed by atoms with Crippen LogP contribution in [0.4, 0.5) is 14.5 Å². The van der Waals surface area contributed by atoms with Crippen LogP contribution >= 0.6 is 0 Å². The predicted molar refractivity (Wildman–Crippen MR) is 96.2 cm³/mol. The van der Waals surface area contributed by atoms with E-state index in [1.807, 2.05) is 30.3 Å². The Morgan fingerprint density at radius 3 is 2.42 bits per heavy atom. The molecule has 0 unspecified atom stereocenters. The Labute approximate surface area is 151 Å². The number of benzene rings is 2. The molecule has 2 aromatic rings. The molecule has 0 aliphatic heterocycles. The summed E-state index contributed by atoms with van der Waals surface area (Å²) in [6, 6.07) is 12.3. The second-order valence-electron chi connectivity index (χ2n) is 5.86. The van der Waals surface area contributed by atoms with Crippen LogP contribution in [0.2, 0.25) is 0 Å². The third kappa shape index (κ3) is 6.20. The van der Waals surface area contributed by atoms with E-state index < -0.39 is 34.1 Å². The van der Waals surface area contributed by atoms with Crippen LogP contribution in [0.3, 0.4) is 0 Å². The van der Waals surface area contributed by atoms with Crippen LogP contribution in [0.5, 0.6) is 0 Å². The highest BCUT2D eigenvalue weighted by atomic mass is 32.2. The van der Waals surface area contributed by atoms with Gasteiger partial charge in [-0.25, -0.2) is 17.2 Å². The van der Waals surface area contributed by atoms with Crippen molar-refractivity contribution < 1.29 is 22.0 Å². The number of sulfonamides is 1. The van der Waals surface area contributed by atoms with Crippen molar-refractivity contribution in [2.45, 2.75) is 12.8 Å². The number of carbonyl (C=O) groups excluding carboxylic acids is 1. The number of carbonyl (C=O) groups is 1. The van der Waals surface area contributed by atoms with Crippen molar-refractivity contribution in [2.24, 2.45) is 0 Å². The quantitative estimate of drug-likeness (QED) is 0.764. The number of nitrogens with zero attached hydrogens (tertiary/aromatic N) is 1. The number of amides is 1. The van der Waals surface area contributed by atoms with E-state index in [0.717, 1.165) is 28.3 Å². The monoisotopic (exact) mass is 382 g/mol. The first-order valence-electron chi connectivity index (χ1n) is 7.99. The van der Waals surface area contributed by atoms with Crippen molar-refractivity contribution in [1.29, 1.82) is 0 Å². The smallest absolute Gasteiger partial charge is 0.239 e. The van der Waals surface area contributed by atoms with E-state index in [2.05, 4.69) is 5.32 Å². The van der Waals surface area contributed by atoms with Gasteiger partial charge in [0.2, 0.25) is 15.9 Å². The zero-order valence-electron chi connectivity index (χ0n) is 14.3. The minimum Gasteiger partial charge on any atom is -0.322 e.